The summed E-state index contributed by atoms with van der Waals surface area (Å²) >= 11 is 0. The number of benzene rings is 1. The molecule has 0 saturated heterocycles. The fourth-order valence-corrected chi connectivity index (χ4v) is 2.65. The second-order valence-corrected chi connectivity index (χ2v) is 5.44. The maximum atomic E-state index is 6.07. The first-order chi connectivity index (χ1) is 9.08. The van der Waals surface area contributed by atoms with Crippen molar-refractivity contribution in [1.82, 2.24) is 0 Å². The largest absolute Gasteiger partial charge is 0.493 e. The third kappa shape index (κ3) is 5.23. The predicted molar refractivity (Wildman–Crippen MR) is 82.9 cm³/mol. The summed E-state index contributed by atoms with van der Waals surface area (Å²) in [5, 5.41) is 0. The molecule has 0 spiro atoms. The lowest BCUT2D eigenvalue weighted by molar-refractivity contribution is 0.333. The Morgan fingerprint density at radius 3 is 2.53 bits per heavy atom. The molecule has 19 heavy (non-hydrogen) atoms. The van der Waals surface area contributed by atoms with Crippen molar-refractivity contribution in [3.8, 4) is 5.75 Å². The van der Waals surface area contributed by atoms with Gasteiger partial charge in [0, 0.05) is 6.04 Å². The molecule has 2 nitrogen and oxygen atoms in total. The molecule has 0 amide bonds. The van der Waals surface area contributed by atoms with Crippen molar-refractivity contribution in [1.29, 1.82) is 0 Å². The quantitative estimate of drug-likeness (QED) is 0.764. The SMILES string of the molecule is CCCC(N)CCCc1cc(C)cc(C)c1OCC. The monoisotopic (exact) mass is 263 g/mol. The van der Waals surface area contributed by atoms with Gasteiger partial charge >= 0.3 is 0 Å². The van der Waals surface area contributed by atoms with Gasteiger partial charge < -0.3 is 10.5 Å². The number of ether oxygens (including phenoxy) is 1. The first kappa shape index (κ1) is 16.0. The molecule has 0 saturated carbocycles. The van der Waals surface area contributed by atoms with Crippen LogP contribution in [0.1, 0.15) is 56.2 Å². The van der Waals surface area contributed by atoms with Crippen molar-refractivity contribution in [3.63, 3.8) is 0 Å². The number of hydrogen-bond donors (Lipinski definition) is 1. The van der Waals surface area contributed by atoms with E-state index in [9.17, 15) is 0 Å². The maximum absolute atomic E-state index is 6.07. The van der Waals surface area contributed by atoms with Crippen LogP contribution >= 0.6 is 0 Å². The van der Waals surface area contributed by atoms with Crippen LogP contribution in [0.2, 0.25) is 0 Å². The normalized spacial score (nSPS) is 12.5. The molecule has 0 aliphatic rings. The van der Waals surface area contributed by atoms with Crippen LogP contribution in [-0.2, 0) is 6.42 Å². The number of rotatable bonds is 8. The Kier molecular flexibility index (Phi) is 6.93. The molecule has 0 bridgehead atoms. The summed E-state index contributed by atoms with van der Waals surface area (Å²) in [4.78, 5) is 0. The van der Waals surface area contributed by atoms with E-state index in [1.165, 1.54) is 23.1 Å². The average molecular weight is 263 g/mol. The van der Waals surface area contributed by atoms with E-state index in [0.29, 0.717) is 6.04 Å². The summed E-state index contributed by atoms with van der Waals surface area (Å²) in [6.45, 7) is 9.24. The topological polar surface area (TPSA) is 35.2 Å². The number of aryl methyl sites for hydroxylation is 3. The van der Waals surface area contributed by atoms with Crippen molar-refractivity contribution < 1.29 is 4.74 Å². The van der Waals surface area contributed by atoms with Crippen molar-refractivity contribution in [2.75, 3.05) is 6.61 Å². The summed E-state index contributed by atoms with van der Waals surface area (Å²) < 4.78 is 5.80. The minimum Gasteiger partial charge on any atom is -0.493 e. The predicted octanol–water partition coefficient (Wildman–Crippen LogP) is 4.15. The molecule has 0 aliphatic heterocycles. The van der Waals surface area contributed by atoms with Crippen LogP contribution in [0.4, 0.5) is 0 Å². The lowest BCUT2D eigenvalue weighted by Gasteiger charge is -2.15. The third-order valence-electron chi connectivity index (χ3n) is 3.47. The Balaban J connectivity index is 2.65. The van der Waals surface area contributed by atoms with Crippen LogP contribution in [0, 0.1) is 13.8 Å². The van der Waals surface area contributed by atoms with Gasteiger partial charge in [-0.2, -0.15) is 0 Å². The first-order valence-electron chi connectivity index (χ1n) is 7.57. The third-order valence-corrected chi connectivity index (χ3v) is 3.47. The minimum atomic E-state index is 0.353. The van der Waals surface area contributed by atoms with Gasteiger partial charge in [0.05, 0.1) is 6.61 Å². The van der Waals surface area contributed by atoms with E-state index in [1.54, 1.807) is 0 Å². The van der Waals surface area contributed by atoms with Gasteiger partial charge in [-0.15, -0.1) is 0 Å². The Hall–Kier alpha value is -1.02. The molecule has 1 aromatic rings. The second-order valence-electron chi connectivity index (χ2n) is 5.44. The van der Waals surface area contributed by atoms with Crippen molar-refractivity contribution in [2.45, 2.75) is 65.8 Å². The molecule has 0 radical (unpaired) electrons. The first-order valence-corrected chi connectivity index (χ1v) is 7.57. The van der Waals surface area contributed by atoms with Crippen LogP contribution in [-0.4, -0.2) is 12.6 Å². The van der Waals surface area contributed by atoms with Crippen LogP contribution in [0.15, 0.2) is 12.1 Å². The number of hydrogen-bond acceptors (Lipinski definition) is 2. The summed E-state index contributed by atoms with van der Waals surface area (Å²) in [5.41, 5.74) is 9.97. The molecule has 1 aromatic carbocycles. The van der Waals surface area contributed by atoms with Crippen LogP contribution in [0.3, 0.4) is 0 Å². The molecule has 108 valence electrons. The minimum absolute atomic E-state index is 0.353. The molecule has 1 rings (SSSR count). The molecule has 0 fully saturated rings. The van der Waals surface area contributed by atoms with Gasteiger partial charge in [-0.3, -0.25) is 0 Å². The average Bonchev–Trinajstić information content (AvgIpc) is 2.33. The fourth-order valence-electron chi connectivity index (χ4n) is 2.65. The van der Waals surface area contributed by atoms with Crippen LogP contribution in [0.5, 0.6) is 5.75 Å². The number of nitrogens with two attached hydrogens (primary N) is 1. The molecule has 0 heterocycles. The second kappa shape index (κ2) is 8.21. The van der Waals surface area contributed by atoms with Gasteiger partial charge in [0.2, 0.25) is 0 Å². The van der Waals surface area contributed by atoms with E-state index in [1.807, 2.05) is 6.92 Å². The zero-order valence-corrected chi connectivity index (χ0v) is 13.0. The lowest BCUT2D eigenvalue weighted by atomic mass is 9.98. The Bertz CT molecular complexity index is 387. The molecule has 0 aromatic heterocycles. The Morgan fingerprint density at radius 2 is 1.89 bits per heavy atom. The highest BCUT2D eigenvalue weighted by Crippen LogP contribution is 2.27. The van der Waals surface area contributed by atoms with E-state index in [4.69, 9.17) is 10.5 Å². The molecule has 2 heteroatoms. The van der Waals surface area contributed by atoms with Gasteiger partial charge in [0.15, 0.2) is 0 Å². The highest BCUT2D eigenvalue weighted by molar-refractivity contribution is 5.43. The fraction of sp³-hybridized carbons (Fsp3) is 0.647. The molecule has 2 N–H and O–H groups in total. The molecular formula is C17H29NO. The smallest absolute Gasteiger partial charge is 0.125 e. The summed E-state index contributed by atoms with van der Waals surface area (Å²) in [6.07, 6.45) is 5.62. The van der Waals surface area contributed by atoms with Gasteiger partial charge in [0.1, 0.15) is 5.75 Å². The lowest BCUT2D eigenvalue weighted by Crippen LogP contribution is -2.19. The highest BCUT2D eigenvalue weighted by Gasteiger charge is 2.09. The van der Waals surface area contributed by atoms with E-state index in [-0.39, 0.29) is 0 Å². The molecule has 1 unspecified atom stereocenters. The Morgan fingerprint density at radius 1 is 1.16 bits per heavy atom. The summed E-state index contributed by atoms with van der Waals surface area (Å²) in [5.74, 6) is 1.08. The van der Waals surface area contributed by atoms with Crippen molar-refractivity contribution in [3.05, 3.63) is 28.8 Å². The van der Waals surface area contributed by atoms with E-state index in [2.05, 4.69) is 32.9 Å². The van der Waals surface area contributed by atoms with Crippen LogP contribution in [0.25, 0.3) is 0 Å². The van der Waals surface area contributed by atoms with E-state index in [0.717, 1.165) is 38.0 Å². The van der Waals surface area contributed by atoms with Crippen molar-refractivity contribution in [2.24, 2.45) is 5.73 Å². The molecular weight excluding hydrogens is 234 g/mol. The van der Waals surface area contributed by atoms with E-state index < -0.39 is 0 Å². The highest BCUT2D eigenvalue weighted by atomic mass is 16.5. The molecule has 0 aliphatic carbocycles. The zero-order chi connectivity index (χ0) is 14.3. The van der Waals surface area contributed by atoms with Gasteiger partial charge in [-0.1, -0.05) is 31.0 Å². The van der Waals surface area contributed by atoms with Crippen molar-refractivity contribution >= 4 is 0 Å². The standard InChI is InChI=1S/C17H29NO/c1-5-8-16(18)10-7-9-15-12-13(3)11-14(4)17(15)19-6-2/h11-12,16H,5-10,18H2,1-4H3. The summed E-state index contributed by atoms with van der Waals surface area (Å²) in [7, 11) is 0. The Labute approximate surface area is 118 Å². The van der Waals surface area contributed by atoms with Gasteiger partial charge in [-0.25, -0.2) is 0 Å². The van der Waals surface area contributed by atoms with Crippen LogP contribution < -0.4 is 10.5 Å². The maximum Gasteiger partial charge on any atom is 0.125 e. The molecule has 1 atom stereocenters. The van der Waals surface area contributed by atoms with Gasteiger partial charge in [0.25, 0.3) is 0 Å². The zero-order valence-electron chi connectivity index (χ0n) is 13.0. The van der Waals surface area contributed by atoms with Gasteiger partial charge in [-0.05, 0) is 57.6 Å². The van der Waals surface area contributed by atoms with E-state index >= 15 is 0 Å². The summed E-state index contributed by atoms with van der Waals surface area (Å²) in [6, 6.07) is 4.80.